The summed E-state index contributed by atoms with van der Waals surface area (Å²) in [7, 11) is 0. The molecule has 0 aromatic heterocycles. The normalized spacial score (nSPS) is 10.5. The van der Waals surface area contributed by atoms with Crippen molar-refractivity contribution in [2.75, 3.05) is 0 Å². The monoisotopic (exact) mass is 463 g/mol. The van der Waals surface area contributed by atoms with Gasteiger partial charge >= 0.3 is 0 Å². The van der Waals surface area contributed by atoms with E-state index in [1.165, 1.54) is 93.1 Å². The van der Waals surface area contributed by atoms with E-state index in [9.17, 15) is 0 Å². The summed E-state index contributed by atoms with van der Waals surface area (Å²) in [5.74, 6) is 0. The molecule has 1 rings (SSSR count). The number of hydrogen-bond donors (Lipinski definition) is 1. The van der Waals surface area contributed by atoms with Crippen LogP contribution in [0.15, 0.2) is 23.1 Å². The Bertz CT molecular complexity index is 477. The van der Waals surface area contributed by atoms with E-state index in [2.05, 4.69) is 32.0 Å². The van der Waals surface area contributed by atoms with Crippen LogP contribution in [-0.4, -0.2) is 4.32 Å². The first-order valence-corrected chi connectivity index (χ1v) is 11.0. The molecule has 4 heteroatoms. The fourth-order valence-electron chi connectivity index (χ4n) is 3.16. The summed E-state index contributed by atoms with van der Waals surface area (Å²) in [5, 5.41) is 0. The van der Waals surface area contributed by atoms with E-state index in [1.807, 2.05) is 0 Å². The molecule has 0 bridgehead atoms. The van der Waals surface area contributed by atoms with Crippen LogP contribution in [0.4, 0.5) is 0 Å². The Labute approximate surface area is 179 Å². The summed E-state index contributed by atoms with van der Waals surface area (Å²) >= 11 is 6.69. The topological polar surface area (TPSA) is 26.0 Å². The fraction of sp³-hybridized carbons (Fsp3) is 0.667. The third kappa shape index (κ3) is 11.5. The second-order valence-electron chi connectivity index (χ2n) is 6.64. The van der Waals surface area contributed by atoms with Crippen molar-refractivity contribution in [3.05, 3.63) is 29.3 Å². The zero-order valence-electron chi connectivity index (χ0n) is 16.0. The molecular formula is C21H35MoNS2. The molecule has 0 unspecified atom stereocenters. The van der Waals surface area contributed by atoms with Crippen molar-refractivity contribution < 1.29 is 21.1 Å². The number of thioether (sulfide) groups is 1. The van der Waals surface area contributed by atoms with E-state index in [0.717, 1.165) is 0 Å². The van der Waals surface area contributed by atoms with Crippen molar-refractivity contribution in [2.24, 2.45) is 5.73 Å². The Morgan fingerprint density at radius 3 is 2.00 bits per heavy atom. The van der Waals surface area contributed by atoms with Gasteiger partial charge in [0.15, 0.2) is 0 Å². The van der Waals surface area contributed by atoms with Gasteiger partial charge in [-0.05, 0) is 42.9 Å². The summed E-state index contributed by atoms with van der Waals surface area (Å²) in [6.07, 6.45) is 15.7. The van der Waals surface area contributed by atoms with Gasteiger partial charge in [0.2, 0.25) is 0 Å². The minimum absolute atomic E-state index is 0. The fourth-order valence-corrected chi connectivity index (χ4v) is 4.15. The van der Waals surface area contributed by atoms with Crippen molar-refractivity contribution in [1.82, 2.24) is 0 Å². The average molecular weight is 462 g/mol. The molecule has 0 atom stereocenters. The van der Waals surface area contributed by atoms with E-state index in [-0.39, 0.29) is 21.1 Å². The molecule has 1 aromatic carbocycles. The summed E-state index contributed by atoms with van der Waals surface area (Å²) in [6.45, 7) is 4.54. The van der Waals surface area contributed by atoms with Gasteiger partial charge in [-0.15, -0.1) is 0 Å². The predicted molar refractivity (Wildman–Crippen MR) is 114 cm³/mol. The third-order valence-corrected chi connectivity index (χ3v) is 5.57. The summed E-state index contributed by atoms with van der Waals surface area (Å²) in [6, 6.07) is 6.67. The molecule has 0 spiro atoms. The smallest absolute Gasteiger partial charge is 0.136 e. The molecule has 142 valence electrons. The van der Waals surface area contributed by atoms with E-state index in [1.54, 1.807) is 11.8 Å². The molecule has 0 fully saturated rings. The minimum atomic E-state index is 0. The Hall–Kier alpha value is 0.148. The standard InChI is InChI=1S/C21H35NS2.Mo/c1-3-5-7-9-11-14-18-15-13-17-20(24-21(22)23)19(18)16-12-10-8-6-4-2;/h13,15,17H,3-12,14,16H2,1-2H3,(H2,22,23);. The van der Waals surface area contributed by atoms with Crippen LogP contribution in [0.2, 0.25) is 0 Å². The second-order valence-corrected chi connectivity index (χ2v) is 8.43. The number of hydrogen-bond acceptors (Lipinski definition) is 2. The minimum Gasteiger partial charge on any atom is -0.384 e. The van der Waals surface area contributed by atoms with Crippen LogP contribution < -0.4 is 5.73 Å². The maximum Gasteiger partial charge on any atom is 0.136 e. The number of thiocarbonyl (C=S) groups is 1. The molecule has 0 aliphatic carbocycles. The summed E-state index contributed by atoms with van der Waals surface area (Å²) in [4.78, 5) is 1.28. The van der Waals surface area contributed by atoms with Gasteiger partial charge in [-0.2, -0.15) is 0 Å². The Kier molecular flexibility index (Phi) is 16.4. The van der Waals surface area contributed by atoms with E-state index in [4.69, 9.17) is 18.0 Å². The Morgan fingerprint density at radius 2 is 1.44 bits per heavy atom. The van der Waals surface area contributed by atoms with E-state index in [0.29, 0.717) is 4.32 Å². The zero-order chi connectivity index (χ0) is 17.6. The van der Waals surface area contributed by atoms with Gasteiger partial charge in [0.25, 0.3) is 0 Å². The first kappa shape index (κ1) is 25.1. The van der Waals surface area contributed by atoms with Gasteiger partial charge in [-0.1, -0.05) is 101 Å². The zero-order valence-corrected chi connectivity index (χ0v) is 19.7. The van der Waals surface area contributed by atoms with E-state index < -0.39 is 0 Å². The molecule has 0 saturated carbocycles. The third-order valence-electron chi connectivity index (χ3n) is 4.52. The molecule has 1 nitrogen and oxygen atoms in total. The number of aryl methyl sites for hydroxylation is 1. The van der Waals surface area contributed by atoms with Gasteiger partial charge in [-0.25, -0.2) is 0 Å². The van der Waals surface area contributed by atoms with E-state index >= 15 is 0 Å². The number of nitrogens with two attached hydrogens (primary N) is 1. The molecule has 0 aliphatic heterocycles. The van der Waals surface area contributed by atoms with Gasteiger partial charge in [0.05, 0.1) is 0 Å². The van der Waals surface area contributed by atoms with Crippen LogP contribution in [0, 0.1) is 0 Å². The SMILES string of the molecule is CCCCCCCc1cccc(SC(N)=S)c1CCCCCCC.[Mo]. The molecule has 0 heterocycles. The van der Waals surface area contributed by atoms with Gasteiger partial charge < -0.3 is 5.73 Å². The van der Waals surface area contributed by atoms with Crippen molar-refractivity contribution in [1.29, 1.82) is 0 Å². The molecular weight excluding hydrogens is 426 g/mol. The molecule has 0 amide bonds. The quantitative estimate of drug-likeness (QED) is 0.148. The van der Waals surface area contributed by atoms with Crippen LogP contribution in [0.3, 0.4) is 0 Å². The van der Waals surface area contributed by atoms with Crippen molar-refractivity contribution in [3.8, 4) is 0 Å². The van der Waals surface area contributed by atoms with Crippen molar-refractivity contribution >= 4 is 28.3 Å². The van der Waals surface area contributed by atoms with Gasteiger partial charge in [0, 0.05) is 26.0 Å². The molecule has 0 radical (unpaired) electrons. The first-order chi connectivity index (χ1) is 11.7. The van der Waals surface area contributed by atoms with Crippen LogP contribution in [0.1, 0.15) is 89.2 Å². The summed E-state index contributed by atoms with van der Waals surface area (Å²) in [5.41, 5.74) is 8.81. The molecule has 25 heavy (non-hydrogen) atoms. The van der Waals surface area contributed by atoms with Crippen LogP contribution >= 0.6 is 24.0 Å². The van der Waals surface area contributed by atoms with Crippen LogP contribution in [-0.2, 0) is 33.9 Å². The Balaban J connectivity index is 0.00000576. The second kappa shape index (κ2) is 16.3. The van der Waals surface area contributed by atoms with Crippen LogP contribution in [0.25, 0.3) is 0 Å². The maximum atomic E-state index is 5.79. The number of rotatable bonds is 13. The Morgan fingerprint density at radius 1 is 0.880 bits per heavy atom. The number of benzene rings is 1. The molecule has 0 aliphatic rings. The molecule has 2 N–H and O–H groups in total. The molecule has 1 aromatic rings. The van der Waals surface area contributed by atoms with Gasteiger partial charge in [0.1, 0.15) is 4.32 Å². The largest absolute Gasteiger partial charge is 0.384 e. The maximum absolute atomic E-state index is 5.79. The predicted octanol–water partition coefficient (Wildman–Crippen LogP) is 7.05. The summed E-state index contributed by atoms with van der Waals surface area (Å²) < 4.78 is 0.530. The van der Waals surface area contributed by atoms with Crippen molar-refractivity contribution in [3.63, 3.8) is 0 Å². The molecule has 0 saturated heterocycles. The average Bonchev–Trinajstić information content (AvgIpc) is 2.55. The van der Waals surface area contributed by atoms with Crippen molar-refractivity contribution in [2.45, 2.75) is 95.8 Å². The van der Waals surface area contributed by atoms with Crippen LogP contribution in [0.5, 0.6) is 0 Å². The van der Waals surface area contributed by atoms with Gasteiger partial charge in [-0.3, -0.25) is 0 Å². The number of unbranched alkanes of at least 4 members (excludes halogenated alkanes) is 8. The first-order valence-electron chi connectivity index (χ1n) is 9.77.